The molecule has 0 atom stereocenters. The van der Waals surface area contributed by atoms with Crippen LogP contribution in [-0.2, 0) is 40.5 Å². The van der Waals surface area contributed by atoms with Gasteiger partial charge in [-0.15, -0.1) is 0 Å². The molecular weight excluding hydrogens is 803 g/mol. The lowest BCUT2D eigenvalue weighted by atomic mass is 10.0. The largest absolute Gasteiger partial charge is 0.744 e. The summed E-state index contributed by atoms with van der Waals surface area (Å²) in [6, 6.07) is 13.5. The zero-order valence-electron chi connectivity index (χ0n) is 26.7. The van der Waals surface area contributed by atoms with Gasteiger partial charge in [-0.2, -0.15) is 0 Å². The molecule has 19 nitrogen and oxygen atoms in total. The summed E-state index contributed by atoms with van der Waals surface area (Å²) < 4.78 is 145. The Morgan fingerprint density at radius 2 is 0.836 bits per heavy atom. The van der Waals surface area contributed by atoms with Crippen molar-refractivity contribution in [2.45, 2.75) is 19.6 Å². The molecule has 5 heterocycles. The molecule has 0 saturated carbocycles. The van der Waals surface area contributed by atoms with Crippen molar-refractivity contribution in [1.82, 2.24) is 34.9 Å². The SMILES string of the molecule is O=S(=O)([O-])c1ccc2c(c1)-c1nc3nc([nH]c4[nH]c([nH]c5nc(c-2n1)-c1cc(S(=O)(=O)[O-])ccc1-5)c1cc(S(=O)(=O)[O-])ccc41)-c1cc(S(=O)(=O)[O-])ccc1-3. The van der Waals surface area contributed by atoms with Crippen molar-refractivity contribution in [2.75, 3.05) is 0 Å². The van der Waals surface area contributed by atoms with Gasteiger partial charge in [0.2, 0.25) is 0 Å². The van der Waals surface area contributed by atoms with Crippen LogP contribution >= 0.6 is 0 Å². The van der Waals surface area contributed by atoms with Gasteiger partial charge < -0.3 is 33.2 Å². The molecule has 3 aliphatic rings. The normalized spacial score (nSPS) is 13.3. The first-order chi connectivity index (χ1) is 25.7. The Morgan fingerprint density at radius 1 is 0.382 bits per heavy atom. The molecule has 3 N–H and O–H groups in total. The number of hydrogen-bond acceptors (Lipinski definition) is 16. The average molecular weight is 818 g/mol. The number of nitrogens with zero attached hydrogens (tertiary/aromatic N) is 4. The van der Waals surface area contributed by atoms with Crippen LogP contribution in [0.25, 0.3) is 90.1 Å². The quantitative estimate of drug-likeness (QED) is 0.215. The van der Waals surface area contributed by atoms with Crippen LogP contribution in [0.3, 0.4) is 0 Å². The summed E-state index contributed by atoms with van der Waals surface area (Å²) in [7, 11) is -20.0. The fourth-order valence-corrected chi connectivity index (χ4v) is 8.51. The second-order valence-corrected chi connectivity index (χ2v) is 17.8. The van der Waals surface area contributed by atoms with Crippen LogP contribution < -0.4 is 0 Å². The van der Waals surface area contributed by atoms with Gasteiger partial charge >= 0.3 is 0 Å². The van der Waals surface area contributed by atoms with Crippen LogP contribution in [0.1, 0.15) is 0 Å². The van der Waals surface area contributed by atoms with Gasteiger partial charge in [-0.1, -0.05) is 6.07 Å². The fraction of sp³-hybridized carbons (Fsp3) is 0. The lowest BCUT2D eigenvalue weighted by Crippen LogP contribution is -1.99. The van der Waals surface area contributed by atoms with E-state index >= 15 is 0 Å². The molecule has 55 heavy (non-hydrogen) atoms. The molecule has 0 amide bonds. The molecule has 278 valence electrons. The standard InChI is InChI=1S/C32H19N7O12S4/c40-52(41,42)13-2-6-18-21(9-13)26-25-17-5-1-14(53(43,44)45)10-22(17)30(33-25)36-28-19-7-3-16(55(49,50)51)12-24(19)32(37-28)39-29-20-8-4-15(54(46,47)48)11-23(20)31(38-29)35-27(18)34-26/h1-12H,(H,40,41,42)(H,43,44,45)(H,46,47,48)(H,49,50,51)(H3,33,34,35,36,37,38,39)/p-4. The highest BCUT2D eigenvalue weighted by atomic mass is 32.2. The van der Waals surface area contributed by atoms with E-state index in [-0.39, 0.29) is 90.1 Å². The fourth-order valence-electron chi connectivity index (χ4n) is 6.53. The topological polar surface area (TPSA) is 328 Å². The Bertz CT molecular complexity index is 3450. The highest BCUT2D eigenvalue weighted by Crippen LogP contribution is 2.46. The molecule has 0 spiro atoms. The third kappa shape index (κ3) is 5.68. The van der Waals surface area contributed by atoms with Crippen LogP contribution in [0.15, 0.2) is 92.4 Å². The molecule has 23 heteroatoms. The van der Waals surface area contributed by atoms with Crippen molar-refractivity contribution in [2.24, 2.45) is 0 Å². The van der Waals surface area contributed by atoms with Gasteiger partial charge in [0.05, 0.1) is 31.0 Å². The van der Waals surface area contributed by atoms with Crippen molar-refractivity contribution in [3.8, 4) is 68.1 Å². The molecule has 6 aromatic rings. The molecule has 0 saturated heterocycles. The summed E-state index contributed by atoms with van der Waals surface area (Å²) in [6.07, 6.45) is 0. The van der Waals surface area contributed by atoms with Crippen molar-refractivity contribution in [3.05, 3.63) is 72.8 Å². The molecule has 0 fully saturated rings. The molecule has 0 aliphatic carbocycles. The maximum Gasteiger partial charge on any atom is 0.164 e. The second-order valence-electron chi connectivity index (χ2n) is 12.3. The third-order valence-corrected chi connectivity index (χ3v) is 12.3. The van der Waals surface area contributed by atoms with Crippen LogP contribution in [0, 0.1) is 0 Å². The van der Waals surface area contributed by atoms with E-state index in [1.807, 2.05) is 0 Å². The van der Waals surface area contributed by atoms with Gasteiger partial charge in [-0.05, 0) is 66.7 Å². The Labute approximate surface area is 308 Å². The minimum absolute atomic E-state index is 0.00550. The van der Waals surface area contributed by atoms with Gasteiger partial charge in [0.1, 0.15) is 63.4 Å². The summed E-state index contributed by atoms with van der Waals surface area (Å²) >= 11 is 0. The smallest absolute Gasteiger partial charge is 0.164 e. The highest BCUT2D eigenvalue weighted by Gasteiger charge is 2.30. The van der Waals surface area contributed by atoms with E-state index in [4.69, 9.17) is 0 Å². The minimum Gasteiger partial charge on any atom is -0.744 e. The zero-order chi connectivity index (χ0) is 39.0. The average Bonchev–Trinajstić information content (AvgIpc) is 3.84. The first-order valence-corrected chi connectivity index (χ1v) is 20.9. The highest BCUT2D eigenvalue weighted by molar-refractivity contribution is 7.86. The Kier molecular flexibility index (Phi) is 7.16. The van der Waals surface area contributed by atoms with Gasteiger partial charge in [-0.25, -0.2) is 53.6 Å². The summed E-state index contributed by atoms with van der Waals surface area (Å²) in [4.78, 5) is 25.0. The van der Waals surface area contributed by atoms with Crippen molar-refractivity contribution >= 4 is 62.5 Å². The summed E-state index contributed by atoms with van der Waals surface area (Å²) in [5.74, 6) is -0.378. The van der Waals surface area contributed by atoms with E-state index in [2.05, 4.69) is 34.9 Å². The maximum atomic E-state index is 12.1. The van der Waals surface area contributed by atoms with Gasteiger partial charge in [-0.3, -0.25) is 0 Å². The monoisotopic (exact) mass is 817 g/mol. The number of nitrogens with one attached hydrogen (secondary N) is 3. The Balaban J connectivity index is 1.49. The Hall–Kier alpha value is -5.92. The molecular formula is C32H15N7O12S4-4. The predicted octanol–water partition coefficient (Wildman–Crippen LogP) is 2.93. The van der Waals surface area contributed by atoms with Crippen LogP contribution in [0.5, 0.6) is 0 Å². The predicted molar refractivity (Wildman–Crippen MR) is 185 cm³/mol. The van der Waals surface area contributed by atoms with Crippen molar-refractivity contribution < 1.29 is 51.9 Å². The summed E-state index contributed by atoms with van der Waals surface area (Å²) in [5.41, 5.74) is 0.819. The van der Waals surface area contributed by atoms with E-state index in [0.717, 1.165) is 48.5 Å². The number of rotatable bonds is 4. The van der Waals surface area contributed by atoms with E-state index in [1.165, 1.54) is 24.3 Å². The van der Waals surface area contributed by atoms with Crippen LogP contribution in [-0.4, -0.2) is 86.8 Å². The lowest BCUT2D eigenvalue weighted by Gasteiger charge is -2.10. The van der Waals surface area contributed by atoms with Crippen LogP contribution in [0.2, 0.25) is 0 Å². The van der Waals surface area contributed by atoms with E-state index in [1.54, 1.807) is 0 Å². The molecule has 0 radical (unpaired) electrons. The van der Waals surface area contributed by atoms with E-state index < -0.39 is 60.1 Å². The number of hydrogen-bond donors (Lipinski definition) is 3. The third-order valence-electron chi connectivity index (χ3n) is 8.99. The van der Waals surface area contributed by atoms with Gasteiger partial charge in [0.25, 0.3) is 0 Å². The van der Waals surface area contributed by atoms with Gasteiger partial charge in [0.15, 0.2) is 11.6 Å². The molecule has 3 aliphatic heterocycles. The van der Waals surface area contributed by atoms with Crippen LogP contribution in [0.4, 0.5) is 0 Å². The second kappa shape index (κ2) is 11.3. The molecule has 0 unspecified atom stereocenters. The zero-order valence-corrected chi connectivity index (χ0v) is 30.0. The molecule has 8 bridgehead atoms. The van der Waals surface area contributed by atoms with Crippen molar-refractivity contribution in [3.63, 3.8) is 0 Å². The number of aromatic amines is 3. The number of aromatic nitrogens is 7. The minimum atomic E-state index is -5.02. The number of H-pyrrole nitrogens is 3. The lowest BCUT2D eigenvalue weighted by molar-refractivity contribution is 0.461. The van der Waals surface area contributed by atoms with Crippen molar-refractivity contribution in [1.29, 1.82) is 0 Å². The van der Waals surface area contributed by atoms with E-state index in [9.17, 15) is 51.9 Å². The Morgan fingerprint density at radius 3 is 1.45 bits per heavy atom. The first-order valence-electron chi connectivity index (χ1n) is 15.3. The number of benzene rings is 4. The first kappa shape index (κ1) is 34.8. The molecule has 9 rings (SSSR count). The maximum absolute atomic E-state index is 12.1. The molecule has 4 aromatic carbocycles. The summed E-state index contributed by atoms with van der Waals surface area (Å²) in [5, 5.41) is 0.398. The summed E-state index contributed by atoms with van der Waals surface area (Å²) in [6.45, 7) is 0. The number of fused-ring (bicyclic) bond motifs is 21. The van der Waals surface area contributed by atoms with Gasteiger partial charge in [0, 0.05) is 44.2 Å². The van der Waals surface area contributed by atoms with E-state index in [0.29, 0.717) is 0 Å². The molecule has 2 aromatic heterocycles.